The largest absolute Gasteiger partial charge is 0.362 e. The summed E-state index contributed by atoms with van der Waals surface area (Å²) >= 11 is 0. The fourth-order valence-corrected chi connectivity index (χ4v) is 2.84. The van der Waals surface area contributed by atoms with Crippen molar-refractivity contribution in [2.75, 3.05) is 24.5 Å². The molecule has 0 radical (unpaired) electrons. The van der Waals surface area contributed by atoms with E-state index in [1.165, 1.54) is 18.4 Å². The summed E-state index contributed by atoms with van der Waals surface area (Å²) in [6.45, 7) is 2.19. The lowest BCUT2D eigenvalue weighted by atomic mass is 10.0. The Morgan fingerprint density at radius 3 is 2.90 bits per heavy atom. The van der Waals surface area contributed by atoms with Crippen molar-refractivity contribution in [1.82, 2.24) is 5.32 Å². The number of anilines is 1. The number of nitrogens with zero attached hydrogens (tertiary/aromatic N) is 1. The van der Waals surface area contributed by atoms with Gasteiger partial charge in [0.15, 0.2) is 0 Å². The minimum absolute atomic E-state index is 0.0886. The molecule has 1 aliphatic carbocycles. The summed E-state index contributed by atoms with van der Waals surface area (Å²) in [5.74, 6) is 0.853. The molecule has 1 aromatic carbocycles. The summed E-state index contributed by atoms with van der Waals surface area (Å²) in [5.41, 5.74) is 8.51. The number of nitrogens with two attached hydrogens (primary N) is 1. The lowest BCUT2D eigenvalue weighted by Crippen LogP contribution is -2.38. The van der Waals surface area contributed by atoms with Gasteiger partial charge in [-0.2, -0.15) is 0 Å². The predicted molar refractivity (Wildman–Crippen MR) is 80.6 cm³/mol. The maximum absolute atomic E-state index is 12.1. The van der Waals surface area contributed by atoms with Gasteiger partial charge in [-0.1, -0.05) is 18.2 Å². The zero-order valence-electron chi connectivity index (χ0n) is 11.8. The molecule has 3 N–H and O–H groups in total. The van der Waals surface area contributed by atoms with Gasteiger partial charge in [0.05, 0.1) is 6.54 Å². The number of benzene rings is 1. The smallest absolute Gasteiger partial charge is 0.239 e. The third-order valence-electron chi connectivity index (χ3n) is 4.24. The van der Waals surface area contributed by atoms with Crippen molar-refractivity contribution in [3.05, 3.63) is 29.8 Å². The third kappa shape index (κ3) is 3.12. The fourth-order valence-electron chi connectivity index (χ4n) is 2.84. The van der Waals surface area contributed by atoms with E-state index in [1.807, 2.05) is 12.1 Å². The second-order valence-corrected chi connectivity index (χ2v) is 5.98. The van der Waals surface area contributed by atoms with Gasteiger partial charge in [0, 0.05) is 24.8 Å². The number of nitrogens with one attached hydrogen (secondary N) is 1. The Labute approximate surface area is 120 Å². The van der Waals surface area contributed by atoms with E-state index in [9.17, 15) is 4.79 Å². The highest BCUT2D eigenvalue weighted by Crippen LogP contribution is 2.31. The number of carbonyl (C=O) groups is 1. The van der Waals surface area contributed by atoms with Crippen LogP contribution in [0, 0.1) is 5.92 Å². The minimum atomic E-state index is 0.0886. The Bertz CT molecular complexity index is 484. The summed E-state index contributed by atoms with van der Waals surface area (Å²) in [7, 11) is 0. The molecule has 0 bridgehead atoms. The van der Waals surface area contributed by atoms with Crippen LogP contribution in [-0.2, 0) is 4.79 Å². The first-order valence-electron chi connectivity index (χ1n) is 7.60. The normalized spacial score (nSPS) is 22.1. The van der Waals surface area contributed by atoms with E-state index in [2.05, 4.69) is 22.3 Å². The van der Waals surface area contributed by atoms with E-state index in [4.69, 9.17) is 5.73 Å². The summed E-state index contributed by atoms with van der Waals surface area (Å²) in [5, 5.41) is 3.04. The molecule has 20 heavy (non-hydrogen) atoms. The minimum Gasteiger partial charge on any atom is -0.362 e. The average Bonchev–Trinajstić information content (AvgIpc) is 3.28. The third-order valence-corrected chi connectivity index (χ3v) is 4.24. The first-order chi connectivity index (χ1) is 9.74. The summed E-state index contributed by atoms with van der Waals surface area (Å²) in [6, 6.07) is 8.29. The van der Waals surface area contributed by atoms with Crippen molar-refractivity contribution in [2.24, 2.45) is 11.7 Å². The molecule has 1 aromatic rings. The molecule has 0 aromatic heterocycles. The molecule has 4 nitrogen and oxygen atoms in total. The van der Waals surface area contributed by atoms with Crippen molar-refractivity contribution < 1.29 is 4.79 Å². The molecule has 4 heteroatoms. The zero-order valence-corrected chi connectivity index (χ0v) is 11.8. The Hall–Kier alpha value is -1.55. The van der Waals surface area contributed by atoms with Crippen molar-refractivity contribution in [3.63, 3.8) is 0 Å². The van der Waals surface area contributed by atoms with Crippen molar-refractivity contribution >= 4 is 11.6 Å². The lowest BCUT2D eigenvalue weighted by Gasteiger charge is -2.24. The first-order valence-corrected chi connectivity index (χ1v) is 7.60. The Kier molecular flexibility index (Phi) is 3.92. The number of fused-ring (bicyclic) bond motifs is 1. The SMILES string of the molecule is NC1CCCN(CC(=O)NCC2CC2)c2ccccc21. The molecule has 0 saturated heterocycles. The van der Waals surface area contributed by atoms with Gasteiger partial charge < -0.3 is 16.0 Å². The molecular formula is C16H23N3O. The Morgan fingerprint density at radius 1 is 1.30 bits per heavy atom. The molecule has 1 amide bonds. The van der Waals surface area contributed by atoms with Gasteiger partial charge in [-0.05, 0) is 43.2 Å². The van der Waals surface area contributed by atoms with Crippen LogP contribution in [0.2, 0.25) is 0 Å². The second-order valence-electron chi connectivity index (χ2n) is 5.98. The molecule has 1 unspecified atom stereocenters. The Balaban J connectivity index is 1.68. The molecule has 2 aliphatic rings. The van der Waals surface area contributed by atoms with Crippen LogP contribution in [0.3, 0.4) is 0 Å². The van der Waals surface area contributed by atoms with E-state index in [1.54, 1.807) is 0 Å². The zero-order chi connectivity index (χ0) is 13.9. The highest BCUT2D eigenvalue weighted by molar-refractivity contribution is 5.81. The van der Waals surface area contributed by atoms with Gasteiger partial charge >= 0.3 is 0 Å². The second kappa shape index (κ2) is 5.83. The van der Waals surface area contributed by atoms with Gasteiger partial charge in [0.2, 0.25) is 5.91 Å². The van der Waals surface area contributed by atoms with Crippen LogP contribution in [0.4, 0.5) is 5.69 Å². The Morgan fingerprint density at radius 2 is 2.10 bits per heavy atom. The molecule has 1 heterocycles. The van der Waals surface area contributed by atoms with Crippen molar-refractivity contribution in [1.29, 1.82) is 0 Å². The average molecular weight is 273 g/mol. The van der Waals surface area contributed by atoms with E-state index in [0.717, 1.165) is 37.5 Å². The maximum atomic E-state index is 12.1. The summed E-state index contributed by atoms with van der Waals surface area (Å²) < 4.78 is 0. The van der Waals surface area contributed by atoms with Crippen LogP contribution in [-0.4, -0.2) is 25.5 Å². The van der Waals surface area contributed by atoms with Gasteiger partial charge in [-0.25, -0.2) is 0 Å². The van der Waals surface area contributed by atoms with Crippen molar-refractivity contribution in [2.45, 2.75) is 31.7 Å². The van der Waals surface area contributed by atoms with Crippen LogP contribution in [0.1, 0.15) is 37.3 Å². The van der Waals surface area contributed by atoms with Gasteiger partial charge in [-0.3, -0.25) is 4.79 Å². The number of amides is 1. The van der Waals surface area contributed by atoms with Crippen LogP contribution >= 0.6 is 0 Å². The van der Waals surface area contributed by atoms with Gasteiger partial charge in [0.25, 0.3) is 0 Å². The number of hydrogen-bond acceptors (Lipinski definition) is 3. The standard InChI is InChI=1S/C16H23N3O/c17-14-5-3-9-19(15-6-2-1-4-13(14)15)11-16(20)18-10-12-7-8-12/h1-2,4,6,12,14H,3,5,7-11,17H2,(H,18,20). The number of hydrogen-bond donors (Lipinski definition) is 2. The van der Waals surface area contributed by atoms with E-state index < -0.39 is 0 Å². The van der Waals surface area contributed by atoms with Gasteiger partial charge in [-0.15, -0.1) is 0 Å². The lowest BCUT2D eigenvalue weighted by molar-refractivity contribution is -0.119. The number of carbonyl (C=O) groups excluding carboxylic acids is 1. The molecule has 3 rings (SSSR count). The van der Waals surface area contributed by atoms with Crippen LogP contribution < -0.4 is 16.0 Å². The number of para-hydroxylation sites is 1. The van der Waals surface area contributed by atoms with Gasteiger partial charge in [0.1, 0.15) is 0 Å². The van der Waals surface area contributed by atoms with Crippen LogP contribution in [0.25, 0.3) is 0 Å². The molecular weight excluding hydrogens is 250 g/mol. The highest BCUT2D eigenvalue weighted by atomic mass is 16.2. The summed E-state index contributed by atoms with van der Waals surface area (Å²) in [4.78, 5) is 14.2. The molecule has 108 valence electrons. The molecule has 0 spiro atoms. The van der Waals surface area contributed by atoms with Crippen LogP contribution in [0.5, 0.6) is 0 Å². The van der Waals surface area contributed by atoms with E-state index in [-0.39, 0.29) is 11.9 Å². The predicted octanol–water partition coefficient (Wildman–Crippen LogP) is 1.81. The van der Waals surface area contributed by atoms with Crippen molar-refractivity contribution in [3.8, 4) is 0 Å². The summed E-state index contributed by atoms with van der Waals surface area (Å²) in [6.07, 6.45) is 4.55. The van der Waals surface area contributed by atoms with E-state index >= 15 is 0 Å². The molecule has 1 atom stereocenters. The maximum Gasteiger partial charge on any atom is 0.239 e. The monoisotopic (exact) mass is 273 g/mol. The molecule has 1 aliphatic heterocycles. The fraction of sp³-hybridized carbons (Fsp3) is 0.562. The van der Waals surface area contributed by atoms with E-state index in [0.29, 0.717) is 6.54 Å². The van der Waals surface area contributed by atoms with Crippen LogP contribution in [0.15, 0.2) is 24.3 Å². The quantitative estimate of drug-likeness (QED) is 0.879. The molecule has 1 fully saturated rings. The highest BCUT2D eigenvalue weighted by Gasteiger charge is 2.24. The topological polar surface area (TPSA) is 58.4 Å². The number of rotatable bonds is 4. The molecule has 1 saturated carbocycles. The first kappa shape index (κ1) is 13.4.